The van der Waals surface area contributed by atoms with Gasteiger partial charge in [-0.2, -0.15) is 0 Å². The highest BCUT2D eigenvalue weighted by Gasteiger charge is 2.48. The Kier molecular flexibility index (Phi) is 5.92. The number of aryl methyl sites for hydroxylation is 2. The van der Waals surface area contributed by atoms with Gasteiger partial charge >= 0.3 is 0 Å². The number of benzene rings is 3. The molecule has 3 aromatic rings. The van der Waals surface area contributed by atoms with E-state index in [-0.39, 0.29) is 16.9 Å². The van der Waals surface area contributed by atoms with Crippen LogP contribution in [-0.4, -0.2) is 31.0 Å². The van der Waals surface area contributed by atoms with Crippen LogP contribution < -0.4 is 14.4 Å². The molecule has 6 nitrogen and oxygen atoms in total. The normalized spacial score (nSPS) is 17.3. The van der Waals surface area contributed by atoms with Gasteiger partial charge in [0.15, 0.2) is 0 Å². The lowest BCUT2D eigenvalue weighted by molar-refractivity contribution is -0.132. The van der Waals surface area contributed by atoms with E-state index < -0.39 is 17.7 Å². The lowest BCUT2D eigenvalue weighted by Crippen LogP contribution is -2.30. The molecule has 1 aliphatic heterocycles. The Labute approximate surface area is 192 Å². The van der Waals surface area contributed by atoms with Gasteiger partial charge in [-0.25, -0.2) is 0 Å². The number of Topliss-reactive ketones (excluding diaryl/α,β-unsaturated/α-hetero) is 1. The minimum Gasteiger partial charge on any atom is -0.507 e. The summed E-state index contributed by atoms with van der Waals surface area (Å²) in [6.45, 7) is 3.80. The highest BCUT2D eigenvalue weighted by atomic mass is 16.5. The molecular weight excluding hydrogens is 418 g/mol. The summed E-state index contributed by atoms with van der Waals surface area (Å²) >= 11 is 0. The van der Waals surface area contributed by atoms with Crippen molar-refractivity contribution < 1.29 is 24.2 Å². The monoisotopic (exact) mass is 443 g/mol. The number of amides is 1. The fourth-order valence-corrected chi connectivity index (χ4v) is 4.25. The Balaban J connectivity index is 2.03. The molecule has 0 radical (unpaired) electrons. The van der Waals surface area contributed by atoms with Gasteiger partial charge in [-0.15, -0.1) is 0 Å². The Morgan fingerprint density at radius 2 is 1.55 bits per heavy atom. The minimum absolute atomic E-state index is 0.00380. The fraction of sp³-hybridized carbons (Fsp3) is 0.185. The average molecular weight is 443 g/mol. The number of methoxy groups -OCH3 is 2. The first kappa shape index (κ1) is 22.1. The van der Waals surface area contributed by atoms with Crippen LogP contribution in [0.3, 0.4) is 0 Å². The first-order valence-electron chi connectivity index (χ1n) is 10.5. The molecule has 0 bridgehead atoms. The van der Waals surface area contributed by atoms with Crippen molar-refractivity contribution in [3.8, 4) is 11.5 Å². The van der Waals surface area contributed by atoms with Gasteiger partial charge in [0.1, 0.15) is 17.3 Å². The predicted octanol–water partition coefficient (Wildman–Crippen LogP) is 4.95. The van der Waals surface area contributed by atoms with Crippen molar-refractivity contribution in [1.82, 2.24) is 0 Å². The Morgan fingerprint density at radius 1 is 0.879 bits per heavy atom. The molecule has 1 unspecified atom stereocenters. The number of ether oxygens (including phenoxy) is 2. The summed E-state index contributed by atoms with van der Waals surface area (Å²) in [6, 6.07) is 19.0. The molecule has 1 amide bonds. The van der Waals surface area contributed by atoms with Gasteiger partial charge in [0, 0.05) is 5.69 Å². The van der Waals surface area contributed by atoms with Crippen molar-refractivity contribution in [2.24, 2.45) is 0 Å². The van der Waals surface area contributed by atoms with Crippen LogP contribution in [0.4, 0.5) is 5.69 Å². The number of ketones is 1. The summed E-state index contributed by atoms with van der Waals surface area (Å²) in [5.74, 6) is -0.917. The molecule has 1 heterocycles. The second-order valence-electron chi connectivity index (χ2n) is 7.88. The number of carbonyl (C=O) groups excluding carboxylic acids is 2. The number of para-hydroxylation sites is 1. The Bertz CT molecular complexity index is 1280. The molecule has 1 saturated heterocycles. The van der Waals surface area contributed by atoms with Gasteiger partial charge in [-0.05, 0) is 54.8 Å². The zero-order valence-electron chi connectivity index (χ0n) is 19.0. The molecule has 1 aliphatic rings. The third kappa shape index (κ3) is 3.74. The largest absolute Gasteiger partial charge is 0.507 e. The predicted molar refractivity (Wildman–Crippen MR) is 127 cm³/mol. The van der Waals surface area contributed by atoms with Gasteiger partial charge in [-0.1, -0.05) is 42.5 Å². The lowest BCUT2D eigenvalue weighted by Gasteiger charge is -2.28. The number of aliphatic hydroxyl groups excluding tert-OH is 1. The van der Waals surface area contributed by atoms with Crippen molar-refractivity contribution in [3.63, 3.8) is 0 Å². The molecule has 0 aromatic heterocycles. The van der Waals surface area contributed by atoms with Crippen molar-refractivity contribution in [2.75, 3.05) is 19.1 Å². The summed E-state index contributed by atoms with van der Waals surface area (Å²) in [6.07, 6.45) is 0. The minimum atomic E-state index is -0.803. The number of hydrogen-bond acceptors (Lipinski definition) is 5. The first-order chi connectivity index (χ1) is 15.9. The molecule has 168 valence electrons. The third-order valence-corrected chi connectivity index (χ3v) is 5.96. The van der Waals surface area contributed by atoms with E-state index in [1.54, 1.807) is 24.3 Å². The molecular formula is C27H25NO5. The van der Waals surface area contributed by atoms with Gasteiger partial charge in [0.05, 0.1) is 31.4 Å². The van der Waals surface area contributed by atoms with Crippen molar-refractivity contribution in [2.45, 2.75) is 19.9 Å². The Hall–Kier alpha value is -4.06. The van der Waals surface area contributed by atoms with Crippen molar-refractivity contribution in [3.05, 3.63) is 94.6 Å². The summed E-state index contributed by atoms with van der Waals surface area (Å²) in [4.78, 5) is 28.2. The quantitative estimate of drug-likeness (QED) is 0.343. The molecule has 1 atom stereocenters. The van der Waals surface area contributed by atoms with Gasteiger partial charge in [-0.3, -0.25) is 14.5 Å². The topological polar surface area (TPSA) is 76.1 Å². The van der Waals surface area contributed by atoms with Crippen LogP contribution >= 0.6 is 0 Å². The molecule has 1 N–H and O–H groups in total. The maximum Gasteiger partial charge on any atom is 0.300 e. The second-order valence-corrected chi connectivity index (χ2v) is 7.88. The van der Waals surface area contributed by atoms with E-state index in [0.29, 0.717) is 17.2 Å². The van der Waals surface area contributed by atoms with E-state index in [2.05, 4.69) is 0 Å². The Morgan fingerprint density at radius 3 is 2.18 bits per heavy atom. The fourth-order valence-electron chi connectivity index (χ4n) is 4.25. The molecule has 3 aromatic carbocycles. The van der Waals surface area contributed by atoms with E-state index in [1.165, 1.54) is 19.1 Å². The zero-order valence-corrected chi connectivity index (χ0v) is 19.0. The molecule has 0 saturated carbocycles. The van der Waals surface area contributed by atoms with E-state index in [0.717, 1.165) is 16.7 Å². The summed E-state index contributed by atoms with van der Waals surface area (Å²) in [5, 5.41) is 11.4. The summed E-state index contributed by atoms with van der Waals surface area (Å²) in [7, 11) is 2.99. The van der Waals surface area contributed by atoms with Crippen LogP contribution in [0.2, 0.25) is 0 Å². The van der Waals surface area contributed by atoms with Crippen LogP contribution in [-0.2, 0) is 9.59 Å². The smallest absolute Gasteiger partial charge is 0.300 e. The molecule has 33 heavy (non-hydrogen) atoms. The molecule has 4 rings (SSSR count). The van der Waals surface area contributed by atoms with E-state index in [1.807, 2.05) is 56.3 Å². The summed E-state index contributed by atoms with van der Waals surface area (Å²) < 4.78 is 10.7. The number of carbonyl (C=O) groups is 2. The highest BCUT2D eigenvalue weighted by molar-refractivity contribution is 6.51. The zero-order chi connectivity index (χ0) is 23.7. The van der Waals surface area contributed by atoms with Crippen LogP contribution in [0.15, 0.2) is 72.3 Å². The van der Waals surface area contributed by atoms with Gasteiger partial charge < -0.3 is 14.6 Å². The molecule has 6 heteroatoms. The average Bonchev–Trinajstić information content (AvgIpc) is 3.09. The molecule has 1 fully saturated rings. The van der Waals surface area contributed by atoms with E-state index in [9.17, 15) is 14.7 Å². The van der Waals surface area contributed by atoms with E-state index in [4.69, 9.17) is 9.47 Å². The number of nitrogens with zero attached hydrogens (tertiary/aromatic N) is 1. The molecule has 0 aliphatic carbocycles. The number of rotatable bonds is 5. The van der Waals surface area contributed by atoms with Crippen LogP contribution in [0.25, 0.3) is 5.76 Å². The number of aliphatic hydroxyl groups is 1. The number of anilines is 1. The maximum absolute atomic E-state index is 13.4. The third-order valence-electron chi connectivity index (χ3n) is 5.96. The van der Waals surface area contributed by atoms with Crippen LogP contribution in [0.1, 0.15) is 28.3 Å². The maximum atomic E-state index is 13.4. The van der Waals surface area contributed by atoms with Gasteiger partial charge in [0.25, 0.3) is 11.7 Å². The SMILES string of the molecule is COc1ccc(OC)c(/C(O)=C2\C(=O)C(=O)N(c3ccccc3C)C2c2ccccc2C)c1. The van der Waals surface area contributed by atoms with E-state index >= 15 is 0 Å². The van der Waals surface area contributed by atoms with Gasteiger partial charge in [0.2, 0.25) is 0 Å². The van der Waals surface area contributed by atoms with Crippen LogP contribution in [0, 0.1) is 13.8 Å². The molecule has 0 spiro atoms. The second kappa shape index (κ2) is 8.82. The standard InChI is InChI=1S/C27H25NO5/c1-16-9-5-7-11-19(16)24-23(25(29)20-15-18(32-3)13-14-22(20)33-4)26(30)27(31)28(24)21-12-8-6-10-17(21)2/h5-15,24,29H,1-4H3/b25-23+. The van der Waals surface area contributed by atoms with Crippen LogP contribution in [0.5, 0.6) is 11.5 Å². The first-order valence-corrected chi connectivity index (χ1v) is 10.5. The van der Waals surface area contributed by atoms with Crippen molar-refractivity contribution in [1.29, 1.82) is 0 Å². The summed E-state index contributed by atoms with van der Waals surface area (Å²) in [5.41, 5.74) is 3.39. The highest BCUT2D eigenvalue weighted by Crippen LogP contribution is 2.45. The lowest BCUT2D eigenvalue weighted by atomic mass is 9.92. The van der Waals surface area contributed by atoms with Crippen molar-refractivity contribution >= 4 is 23.1 Å². The number of hydrogen-bond donors (Lipinski definition) is 1.